The molecule has 1 heterocycles. The van der Waals surface area contributed by atoms with Gasteiger partial charge in [0.15, 0.2) is 5.84 Å². The van der Waals surface area contributed by atoms with Crippen molar-refractivity contribution in [3.8, 4) is 66.9 Å². The highest BCUT2D eigenvalue weighted by Crippen LogP contribution is 2.50. The van der Waals surface area contributed by atoms with E-state index in [2.05, 4.69) is 246 Å². The molecule has 0 fully saturated rings. The normalized spacial score (nSPS) is 13.0. The molecule has 0 spiro atoms. The second kappa shape index (κ2) is 17.7. The molecule has 0 aliphatic heterocycles. The van der Waals surface area contributed by atoms with Crippen LogP contribution in [0.4, 0.5) is 0 Å². The van der Waals surface area contributed by atoms with Crippen LogP contribution in [0.2, 0.25) is 0 Å². The van der Waals surface area contributed by atoms with Crippen LogP contribution in [0.3, 0.4) is 0 Å². The van der Waals surface area contributed by atoms with Crippen LogP contribution in [0, 0.1) is 0 Å². The monoisotopic (exact) mass is 871 g/mol. The Hall–Kier alpha value is -8.53. The van der Waals surface area contributed by atoms with Crippen LogP contribution >= 0.6 is 0 Å². The quantitative estimate of drug-likeness (QED) is 0.105. The molecular weight excluding hydrogens is 823 g/mol. The zero-order valence-electron chi connectivity index (χ0n) is 38.5. The van der Waals surface area contributed by atoms with Crippen molar-refractivity contribution in [3.05, 3.63) is 265 Å². The van der Waals surface area contributed by atoms with Crippen molar-refractivity contribution in [2.45, 2.75) is 26.2 Å². The Labute approximate surface area is 399 Å². The Kier molecular flexibility index (Phi) is 11.0. The lowest BCUT2D eigenvalue weighted by Crippen LogP contribution is -2.14. The van der Waals surface area contributed by atoms with Crippen molar-refractivity contribution in [1.29, 1.82) is 0 Å². The van der Waals surface area contributed by atoms with E-state index in [1.807, 2.05) is 12.1 Å². The lowest BCUT2D eigenvalue weighted by molar-refractivity contribution is 0.661. The molecule has 3 nitrogen and oxygen atoms in total. The van der Waals surface area contributed by atoms with Gasteiger partial charge in [-0.05, 0) is 122 Å². The lowest BCUT2D eigenvalue weighted by Gasteiger charge is -2.22. The highest BCUT2D eigenvalue weighted by molar-refractivity contribution is 6.13. The van der Waals surface area contributed by atoms with E-state index in [-0.39, 0.29) is 5.41 Å². The number of rotatable bonds is 9. The van der Waals surface area contributed by atoms with Gasteiger partial charge in [-0.1, -0.05) is 208 Å². The van der Waals surface area contributed by atoms with Gasteiger partial charge in [-0.2, -0.15) is 0 Å². The molecule has 0 saturated carbocycles. The Morgan fingerprint density at radius 1 is 0.397 bits per heavy atom. The average Bonchev–Trinajstić information content (AvgIpc) is 3.62. The molecule has 9 aromatic carbocycles. The van der Waals surface area contributed by atoms with Crippen molar-refractivity contribution in [2.75, 3.05) is 0 Å². The molecule has 3 heteroatoms. The molecule has 0 bridgehead atoms. The van der Waals surface area contributed by atoms with E-state index in [4.69, 9.17) is 15.0 Å². The van der Waals surface area contributed by atoms with Crippen LogP contribution in [-0.4, -0.2) is 16.5 Å². The molecule has 324 valence electrons. The second-order valence-corrected chi connectivity index (χ2v) is 18.1. The Morgan fingerprint density at radius 2 is 0.897 bits per heavy atom. The molecule has 0 unspecified atom stereocenters. The van der Waals surface area contributed by atoms with Gasteiger partial charge in [0.1, 0.15) is 0 Å². The van der Waals surface area contributed by atoms with Gasteiger partial charge in [0.05, 0.1) is 16.9 Å². The van der Waals surface area contributed by atoms with E-state index in [0.29, 0.717) is 11.5 Å². The zero-order valence-corrected chi connectivity index (χ0v) is 38.5. The molecule has 1 aliphatic rings. The fraction of sp³-hybridized carbons (Fsp3) is 0.0615. The summed E-state index contributed by atoms with van der Waals surface area (Å²) < 4.78 is 0. The zero-order chi connectivity index (χ0) is 46.2. The van der Waals surface area contributed by atoms with Crippen LogP contribution in [0.25, 0.3) is 83.5 Å². The van der Waals surface area contributed by atoms with E-state index >= 15 is 0 Å². The Morgan fingerprint density at radius 3 is 1.56 bits per heavy atom. The minimum atomic E-state index is -0.162. The SMILES string of the molecule is C=C(N=C(N=C(C)c1cccc(-c2ccccc2)c1)c1cccc(-c2ccccc2)c1)c1cccc(-c2cc(-c3cccc(-c4ccccc4)c3)c3cc4c(cc3n2)C(C)(C)c2ccccc2-4)c1. The smallest absolute Gasteiger partial charge is 0.160 e. The topological polar surface area (TPSA) is 37.6 Å². The first-order valence-corrected chi connectivity index (χ1v) is 23.3. The largest absolute Gasteiger partial charge is 0.248 e. The summed E-state index contributed by atoms with van der Waals surface area (Å²) in [5.41, 5.74) is 21.3. The third-order valence-corrected chi connectivity index (χ3v) is 13.4. The first-order chi connectivity index (χ1) is 33.3. The van der Waals surface area contributed by atoms with E-state index in [9.17, 15) is 0 Å². The fourth-order valence-electron chi connectivity index (χ4n) is 9.76. The van der Waals surface area contributed by atoms with Gasteiger partial charge in [0.2, 0.25) is 0 Å². The third kappa shape index (κ3) is 8.09. The number of aliphatic imine (C=N–C) groups is 2. The first-order valence-electron chi connectivity index (χ1n) is 23.3. The maximum Gasteiger partial charge on any atom is 0.160 e. The number of hydrogen-bond donors (Lipinski definition) is 0. The van der Waals surface area contributed by atoms with Crippen molar-refractivity contribution in [2.24, 2.45) is 9.98 Å². The van der Waals surface area contributed by atoms with Crippen LogP contribution in [0.1, 0.15) is 48.6 Å². The summed E-state index contributed by atoms with van der Waals surface area (Å²) in [6, 6.07) is 81.6. The molecule has 0 amide bonds. The molecule has 0 saturated heterocycles. The molecule has 0 N–H and O–H groups in total. The van der Waals surface area contributed by atoms with Crippen molar-refractivity contribution in [3.63, 3.8) is 0 Å². The third-order valence-electron chi connectivity index (χ3n) is 13.4. The first kappa shape index (κ1) is 42.1. The number of nitrogens with zero attached hydrogens (tertiary/aromatic N) is 3. The molecule has 0 radical (unpaired) electrons. The minimum absolute atomic E-state index is 0.162. The van der Waals surface area contributed by atoms with Gasteiger partial charge in [-0.15, -0.1) is 0 Å². The average molecular weight is 872 g/mol. The Balaban J connectivity index is 1.03. The summed E-state index contributed by atoms with van der Waals surface area (Å²) in [5, 5.41) is 1.13. The van der Waals surface area contributed by atoms with Crippen LogP contribution < -0.4 is 0 Å². The van der Waals surface area contributed by atoms with E-state index < -0.39 is 0 Å². The van der Waals surface area contributed by atoms with Crippen molar-refractivity contribution >= 4 is 28.1 Å². The summed E-state index contributed by atoms with van der Waals surface area (Å²) in [4.78, 5) is 16.0. The number of pyridine rings is 1. The van der Waals surface area contributed by atoms with Gasteiger partial charge in [0.25, 0.3) is 0 Å². The molecule has 0 atom stereocenters. The van der Waals surface area contributed by atoms with Crippen molar-refractivity contribution in [1.82, 2.24) is 4.98 Å². The highest BCUT2D eigenvalue weighted by Gasteiger charge is 2.36. The predicted octanol–water partition coefficient (Wildman–Crippen LogP) is 16.8. The van der Waals surface area contributed by atoms with E-state index in [1.54, 1.807) is 0 Å². The number of amidine groups is 1. The molecule has 10 aromatic rings. The number of hydrogen-bond acceptors (Lipinski definition) is 2. The van der Waals surface area contributed by atoms with Gasteiger partial charge in [0, 0.05) is 33.2 Å². The summed E-state index contributed by atoms with van der Waals surface area (Å²) in [6.07, 6.45) is 0. The molecule has 1 aliphatic carbocycles. The maximum absolute atomic E-state index is 5.48. The molecule has 68 heavy (non-hydrogen) atoms. The minimum Gasteiger partial charge on any atom is -0.248 e. The summed E-state index contributed by atoms with van der Waals surface area (Å²) in [5.74, 6) is 0.586. The molecule has 1 aromatic heterocycles. The predicted molar refractivity (Wildman–Crippen MR) is 287 cm³/mol. The van der Waals surface area contributed by atoms with Gasteiger partial charge >= 0.3 is 0 Å². The van der Waals surface area contributed by atoms with Crippen molar-refractivity contribution < 1.29 is 0 Å². The lowest BCUT2D eigenvalue weighted by atomic mass is 9.82. The molecule has 11 rings (SSSR count). The Bertz CT molecular complexity index is 3600. The highest BCUT2D eigenvalue weighted by atomic mass is 14.9. The summed E-state index contributed by atoms with van der Waals surface area (Å²) >= 11 is 0. The summed E-state index contributed by atoms with van der Waals surface area (Å²) in [6.45, 7) is 11.3. The van der Waals surface area contributed by atoms with Crippen LogP contribution in [-0.2, 0) is 5.41 Å². The van der Waals surface area contributed by atoms with Gasteiger partial charge in [-0.3, -0.25) is 0 Å². The van der Waals surface area contributed by atoms with Crippen LogP contribution in [0.15, 0.2) is 247 Å². The molecular formula is C65H49N3. The van der Waals surface area contributed by atoms with E-state index in [0.717, 1.165) is 77.9 Å². The van der Waals surface area contributed by atoms with Gasteiger partial charge < -0.3 is 0 Å². The maximum atomic E-state index is 5.48. The summed E-state index contributed by atoms with van der Waals surface area (Å²) in [7, 11) is 0. The number of benzene rings is 9. The standard InChI is InChI=1S/C65H49N3/c1-43(48-26-16-28-50(36-48)45-20-8-5-9-21-45)66-64(55-33-19-30-52(39-55)47-24-12-7-13-25-47)67-44(2)49-27-17-32-54(37-49)62-41-57(53-31-18-29-51(38-53)46-22-10-6-11-23-46)59-40-58-56-34-14-15-35-60(56)65(3,4)61(58)42-63(59)68-62/h5-42H,2H2,1,3-4H3. The fourth-order valence-corrected chi connectivity index (χ4v) is 9.76. The number of fused-ring (bicyclic) bond motifs is 4. The van der Waals surface area contributed by atoms with Crippen LogP contribution in [0.5, 0.6) is 0 Å². The van der Waals surface area contributed by atoms with E-state index in [1.165, 1.54) is 33.4 Å². The number of aromatic nitrogens is 1. The second-order valence-electron chi connectivity index (χ2n) is 18.1. The van der Waals surface area contributed by atoms with Gasteiger partial charge in [-0.25, -0.2) is 15.0 Å².